The van der Waals surface area contributed by atoms with Crippen molar-refractivity contribution in [2.24, 2.45) is 0 Å². The summed E-state index contributed by atoms with van der Waals surface area (Å²) in [4.78, 5) is 14.3. The minimum atomic E-state index is -0.00975. The molecule has 0 unspecified atom stereocenters. The fraction of sp³-hybridized carbons (Fsp3) is 0.357. The molecule has 0 bridgehead atoms. The topological polar surface area (TPSA) is 75.1 Å². The van der Waals surface area contributed by atoms with E-state index >= 15 is 0 Å². The zero-order valence-corrected chi connectivity index (χ0v) is 11.7. The number of amides is 1. The van der Waals surface area contributed by atoms with Gasteiger partial charge in [-0.15, -0.1) is 5.10 Å². The predicted octanol–water partition coefficient (Wildman–Crippen LogP) is 0.111. The molecule has 3 rings (SSSR count). The fourth-order valence-corrected chi connectivity index (χ4v) is 2.38. The average molecular weight is 286 g/mol. The van der Waals surface area contributed by atoms with E-state index in [1.54, 1.807) is 17.1 Å². The third kappa shape index (κ3) is 3.45. The van der Waals surface area contributed by atoms with E-state index in [0.29, 0.717) is 6.54 Å². The van der Waals surface area contributed by atoms with Gasteiger partial charge in [0.1, 0.15) is 0 Å². The molecule has 2 N–H and O–H groups in total. The highest BCUT2D eigenvalue weighted by atomic mass is 16.2. The number of hydrogen-bond acceptors (Lipinski definition) is 5. The molecule has 110 valence electrons. The predicted molar refractivity (Wildman–Crippen MR) is 79.3 cm³/mol. The molecule has 21 heavy (non-hydrogen) atoms. The molecule has 1 aliphatic heterocycles. The molecule has 0 spiro atoms. The molecule has 1 aromatic heterocycles. The molecule has 0 aliphatic carbocycles. The number of para-hydroxylation sites is 2. The molecule has 1 aliphatic rings. The molecule has 1 fully saturated rings. The Morgan fingerprint density at radius 1 is 1.29 bits per heavy atom. The molecule has 0 atom stereocenters. The van der Waals surface area contributed by atoms with Crippen LogP contribution in [-0.2, 0) is 4.79 Å². The summed E-state index contributed by atoms with van der Waals surface area (Å²) in [5, 5.41) is 14.0. The Bertz CT molecular complexity index is 591. The molecule has 1 amide bonds. The van der Waals surface area contributed by atoms with Gasteiger partial charge < -0.3 is 10.6 Å². The summed E-state index contributed by atoms with van der Waals surface area (Å²) >= 11 is 0. The molecule has 1 saturated heterocycles. The average Bonchev–Trinajstić information content (AvgIpc) is 3.03. The Labute approximate surface area is 122 Å². The number of hydrogen-bond donors (Lipinski definition) is 2. The minimum Gasteiger partial charge on any atom is -0.323 e. The van der Waals surface area contributed by atoms with Gasteiger partial charge in [0, 0.05) is 26.2 Å². The van der Waals surface area contributed by atoms with Crippen molar-refractivity contribution >= 4 is 11.6 Å². The van der Waals surface area contributed by atoms with Gasteiger partial charge in [-0.1, -0.05) is 17.3 Å². The van der Waals surface area contributed by atoms with Gasteiger partial charge in [0.25, 0.3) is 0 Å². The van der Waals surface area contributed by atoms with Crippen molar-refractivity contribution in [2.75, 3.05) is 38.0 Å². The van der Waals surface area contributed by atoms with Gasteiger partial charge in [-0.25, -0.2) is 4.68 Å². The summed E-state index contributed by atoms with van der Waals surface area (Å²) in [5.41, 5.74) is 1.55. The lowest BCUT2D eigenvalue weighted by Gasteiger charge is -2.26. The lowest BCUT2D eigenvalue weighted by molar-refractivity contribution is -0.117. The minimum absolute atomic E-state index is 0.00975. The van der Waals surface area contributed by atoms with Crippen LogP contribution in [0.25, 0.3) is 5.69 Å². The van der Waals surface area contributed by atoms with Gasteiger partial charge in [-0.3, -0.25) is 9.69 Å². The van der Waals surface area contributed by atoms with Crippen molar-refractivity contribution in [2.45, 2.75) is 0 Å². The summed E-state index contributed by atoms with van der Waals surface area (Å²) in [6.45, 7) is 4.08. The third-order valence-corrected chi connectivity index (χ3v) is 3.42. The van der Waals surface area contributed by atoms with E-state index in [4.69, 9.17) is 0 Å². The maximum absolute atomic E-state index is 12.2. The second-order valence-corrected chi connectivity index (χ2v) is 4.94. The number of piperazine rings is 1. The summed E-state index contributed by atoms with van der Waals surface area (Å²) < 4.78 is 1.64. The van der Waals surface area contributed by atoms with Crippen molar-refractivity contribution < 1.29 is 4.79 Å². The maximum Gasteiger partial charge on any atom is 0.238 e. The van der Waals surface area contributed by atoms with Crippen LogP contribution in [-0.4, -0.2) is 58.5 Å². The number of nitrogens with one attached hydrogen (secondary N) is 2. The van der Waals surface area contributed by atoms with E-state index in [1.807, 2.05) is 24.3 Å². The standard InChI is InChI=1S/C14H18N6O/c21-14(11-19-8-5-15-6-9-19)17-12-3-1-2-4-13(12)20-10-7-16-18-20/h1-4,7,10,15H,5-6,8-9,11H2,(H,17,21). The quantitative estimate of drug-likeness (QED) is 0.834. The number of benzene rings is 1. The van der Waals surface area contributed by atoms with E-state index in [1.165, 1.54) is 0 Å². The number of aromatic nitrogens is 3. The maximum atomic E-state index is 12.2. The van der Waals surface area contributed by atoms with Crippen LogP contribution in [0.4, 0.5) is 5.69 Å². The van der Waals surface area contributed by atoms with Crippen LogP contribution in [0, 0.1) is 0 Å². The van der Waals surface area contributed by atoms with E-state index in [-0.39, 0.29) is 5.91 Å². The zero-order valence-electron chi connectivity index (χ0n) is 11.7. The van der Waals surface area contributed by atoms with E-state index < -0.39 is 0 Å². The highest BCUT2D eigenvalue weighted by molar-refractivity contribution is 5.94. The SMILES string of the molecule is O=C(CN1CCNCC1)Nc1ccccc1-n1ccnn1. The van der Waals surface area contributed by atoms with Crippen LogP contribution in [0.3, 0.4) is 0 Å². The third-order valence-electron chi connectivity index (χ3n) is 3.42. The van der Waals surface area contributed by atoms with Crippen molar-refractivity contribution in [3.8, 4) is 5.69 Å². The largest absolute Gasteiger partial charge is 0.323 e. The number of rotatable bonds is 4. The van der Waals surface area contributed by atoms with Gasteiger partial charge in [0.05, 0.1) is 30.3 Å². The second-order valence-electron chi connectivity index (χ2n) is 4.94. The molecule has 2 heterocycles. The molecule has 2 aromatic rings. The van der Waals surface area contributed by atoms with Gasteiger partial charge in [0.2, 0.25) is 5.91 Å². The molecule has 0 radical (unpaired) electrons. The number of anilines is 1. The summed E-state index contributed by atoms with van der Waals surface area (Å²) in [7, 11) is 0. The van der Waals surface area contributed by atoms with Gasteiger partial charge >= 0.3 is 0 Å². The first-order valence-corrected chi connectivity index (χ1v) is 7.01. The first-order valence-electron chi connectivity index (χ1n) is 7.01. The molecule has 7 heteroatoms. The molecule has 0 saturated carbocycles. The molecular formula is C14H18N6O. The van der Waals surface area contributed by atoms with Crippen LogP contribution in [0.15, 0.2) is 36.7 Å². The van der Waals surface area contributed by atoms with Gasteiger partial charge in [-0.05, 0) is 12.1 Å². The summed E-state index contributed by atoms with van der Waals surface area (Å²) in [5.74, 6) is -0.00975. The highest BCUT2D eigenvalue weighted by Crippen LogP contribution is 2.18. The fourth-order valence-electron chi connectivity index (χ4n) is 2.38. The monoisotopic (exact) mass is 286 g/mol. The first kappa shape index (κ1) is 13.7. The number of nitrogens with zero attached hydrogens (tertiary/aromatic N) is 4. The van der Waals surface area contributed by atoms with Gasteiger partial charge in [0.15, 0.2) is 0 Å². The van der Waals surface area contributed by atoms with Crippen molar-refractivity contribution in [3.05, 3.63) is 36.7 Å². The van der Waals surface area contributed by atoms with Crippen molar-refractivity contribution in [1.29, 1.82) is 0 Å². The lowest BCUT2D eigenvalue weighted by atomic mass is 10.2. The Morgan fingerprint density at radius 2 is 2.10 bits per heavy atom. The first-order chi connectivity index (χ1) is 10.3. The molecule has 7 nitrogen and oxygen atoms in total. The Balaban J connectivity index is 1.68. The van der Waals surface area contributed by atoms with Crippen LogP contribution >= 0.6 is 0 Å². The van der Waals surface area contributed by atoms with Crippen LogP contribution in [0.2, 0.25) is 0 Å². The molecular weight excluding hydrogens is 268 g/mol. The van der Waals surface area contributed by atoms with Gasteiger partial charge in [-0.2, -0.15) is 0 Å². The van der Waals surface area contributed by atoms with Crippen molar-refractivity contribution in [1.82, 2.24) is 25.2 Å². The highest BCUT2D eigenvalue weighted by Gasteiger charge is 2.14. The molecule has 1 aromatic carbocycles. The lowest BCUT2D eigenvalue weighted by Crippen LogP contribution is -2.46. The number of carbonyl (C=O) groups excluding carboxylic acids is 1. The van der Waals surface area contributed by atoms with E-state index in [9.17, 15) is 4.79 Å². The van der Waals surface area contributed by atoms with E-state index in [0.717, 1.165) is 37.6 Å². The zero-order chi connectivity index (χ0) is 14.5. The number of carbonyl (C=O) groups is 1. The van der Waals surface area contributed by atoms with Crippen LogP contribution < -0.4 is 10.6 Å². The van der Waals surface area contributed by atoms with Crippen molar-refractivity contribution in [3.63, 3.8) is 0 Å². The second kappa shape index (κ2) is 6.47. The Morgan fingerprint density at radius 3 is 2.86 bits per heavy atom. The normalized spacial score (nSPS) is 15.8. The Kier molecular flexibility index (Phi) is 4.23. The smallest absolute Gasteiger partial charge is 0.238 e. The van der Waals surface area contributed by atoms with Crippen LogP contribution in [0.5, 0.6) is 0 Å². The van der Waals surface area contributed by atoms with E-state index in [2.05, 4.69) is 25.8 Å². The van der Waals surface area contributed by atoms with Crippen LogP contribution in [0.1, 0.15) is 0 Å². The Hall–Kier alpha value is -2.25. The summed E-state index contributed by atoms with van der Waals surface area (Å²) in [6.07, 6.45) is 3.36. The summed E-state index contributed by atoms with van der Waals surface area (Å²) in [6, 6.07) is 7.56.